The summed E-state index contributed by atoms with van der Waals surface area (Å²) in [5.74, 6) is -2.18. The molecule has 2 aromatic carbocycles. The van der Waals surface area contributed by atoms with Gasteiger partial charge in [0.1, 0.15) is 11.6 Å². The van der Waals surface area contributed by atoms with E-state index in [1.54, 1.807) is 38.1 Å². The van der Waals surface area contributed by atoms with Crippen LogP contribution >= 0.6 is 0 Å². The van der Waals surface area contributed by atoms with E-state index in [0.717, 1.165) is 18.2 Å². The van der Waals surface area contributed by atoms with Crippen molar-refractivity contribution in [1.82, 2.24) is 0 Å². The van der Waals surface area contributed by atoms with Gasteiger partial charge in [-0.2, -0.15) is 0 Å². The van der Waals surface area contributed by atoms with Crippen LogP contribution in [0.4, 0.5) is 14.5 Å². The molecule has 0 aliphatic carbocycles. The second-order valence-corrected chi connectivity index (χ2v) is 7.02. The van der Waals surface area contributed by atoms with Gasteiger partial charge in [0.05, 0.1) is 11.1 Å². The molecule has 3 N–H and O–H groups in total. The highest BCUT2D eigenvalue weighted by Gasteiger charge is 2.31. The van der Waals surface area contributed by atoms with Gasteiger partial charge in [-0.15, -0.1) is 0 Å². The number of nitrogens with zero attached hydrogens (tertiary/aromatic N) is 1. The summed E-state index contributed by atoms with van der Waals surface area (Å²) in [7, 11) is 0. The zero-order valence-electron chi connectivity index (χ0n) is 15.3. The average Bonchev–Trinajstić information content (AvgIpc) is 3.14. The standard InChI is InChI=1S/C20H19F2N3O3/c1-20(2,19(23)27)11-3-6-13(7-4-11)24-18(26)17-10-16(25-28-17)14-9-12(21)5-8-15(14)22/h3-9,17H,10H2,1-2H3,(H2,23,27)(H,24,26)/t17-/m1/s1. The van der Waals surface area contributed by atoms with E-state index in [2.05, 4.69) is 10.5 Å². The third-order valence-electron chi connectivity index (χ3n) is 4.69. The molecule has 8 heteroatoms. The van der Waals surface area contributed by atoms with Crippen molar-refractivity contribution >= 4 is 23.2 Å². The van der Waals surface area contributed by atoms with E-state index in [4.69, 9.17) is 10.6 Å². The maximum atomic E-state index is 13.9. The quantitative estimate of drug-likeness (QED) is 0.826. The van der Waals surface area contributed by atoms with Gasteiger partial charge in [0, 0.05) is 17.7 Å². The Balaban J connectivity index is 1.65. The minimum atomic E-state index is -0.959. The Morgan fingerprint density at radius 3 is 2.50 bits per heavy atom. The van der Waals surface area contributed by atoms with Crippen molar-refractivity contribution in [3.63, 3.8) is 0 Å². The first kappa shape index (κ1) is 19.5. The summed E-state index contributed by atoms with van der Waals surface area (Å²) in [6.45, 7) is 3.42. The molecule has 2 amide bonds. The summed E-state index contributed by atoms with van der Waals surface area (Å²) in [5, 5.41) is 6.38. The molecule has 1 aliphatic heterocycles. The Bertz CT molecular complexity index is 956. The van der Waals surface area contributed by atoms with E-state index < -0.39 is 35.0 Å². The molecule has 3 rings (SSSR count). The number of nitrogens with two attached hydrogens (primary N) is 1. The summed E-state index contributed by atoms with van der Waals surface area (Å²) in [6, 6.07) is 9.68. The molecule has 1 atom stereocenters. The lowest BCUT2D eigenvalue weighted by molar-refractivity contribution is -0.125. The molecule has 0 aromatic heterocycles. The first-order valence-corrected chi connectivity index (χ1v) is 8.58. The van der Waals surface area contributed by atoms with Crippen molar-refractivity contribution in [2.24, 2.45) is 10.9 Å². The van der Waals surface area contributed by atoms with Crippen LogP contribution in [0.25, 0.3) is 0 Å². The lowest BCUT2D eigenvalue weighted by Gasteiger charge is -2.21. The second-order valence-electron chi connectivity index (χ2n) is 7.02. The Morgan fingerprint density at radius 1 is 1.18 bits per heavy atom. The zero-order chi connectivity index (χ0) is 20.5. The van der Waals surface area contributed by atoms with Gasteiger partial charge in [0.15, 0.2) is 0 Å². The van der Waals surface area contributed by atoms with Crippen molar-refractivity contribution in [3.05, 3.63) is 65.2 Å². The number of carbonyl (C=O) groups excluding carboxylic acids is 2. The number of benzene rings is 2. The highest BCUT2D eigenvalue weighted by Crippen LogP contribution is 2.25. The predicted molar refractivity (Wildman–Crippen MR) is 99.7 cm³/mol. The van der Waals surface area contributed by atoms with Gasteiger partial charge < -0.3 is 15.9 Å². The summed E-state index contributed by atoms with van der Waals surface area (Å²) >= 11 is 0. The molecule has 0 saturated carbocycles. The van der Waals surface area contributed by atoms with E-state index in [1.165, 1.54) is 0 Å². The third-order valence-corrected chi connectivity index (χ3v) is 4.69. The zero-order valence-corrected chi connectivity index (χ0v) is 15.3. The maximum absolute atomic E-state index is 13.9. The van der Waals surface area contributed by atoms with Gasteiger partial charge >= 0.3 is 0 Å². The number of primary amides is 1. The number of rotatable bonds is 5. The molecule has 2 aromatic rings. The molecule has 0 spiro atoms. The van der Waals surface area contributed by atoms with Crippen LogP contribution in [0, 0.1) is 11.6 Å². The Kier molecular flexibility index (Phi) is 5.13. The van der Waals surface area contributed by atoms with Gasteiger partial charge in [-0.3, -0.25) is 9.59 Å². The molecule has 28 heavy (non-hydrogen) atoms. The minimum Gasteiger partial charge on any atom is -0.382 e. The lowest BCUT2D eigenvalue weighted by atomic mass is 9.84. The molecular formula is C20H19F2N3O3. The molecule has 0 radical (unpaired) electrons. The predicted octanol–water partition coefficient (Wildman–Crippen LogP) is 2.86. The first-order chi connectivity index (χ1) is 13.2. The van der Waals surface area contributed by atoms with Crippen LogP contribution in [0.15, 0.2) is 47.6 Å². The number of hydrogen-bond donors (Lipinski definition) is 2. The number of amides is 2. The van der Waals surface area contributed by atoms with Crippen LogP contribution in [0.5, 0.6) is 0 Å². The number of carbonyl (C=O) groups is 2. The summed E-state index contributed by atoms with van der Waals surface area (Å²) < 4.78 is 27.2. The fraction of sp³-hybridized carbons (Fsp3) is 0.250. The van der Waals surface area contributed by atoms with Crippen LogP contribution in [0.2, 0.25) is 0 Å². The molecule has 1 heterocycles. The Hall–Kier alpha value is -3.29. The second kappa shape index (κ2) is 7.38. The largest absolute Gasteiger partial charge is 0.382 e. The van der Waals surface area contributed by atoms with E-state index in [-0.39, 0.29) is 17.7 Å². The monoisotopic (exact) mass is 387 g/mol. The number of nitrogens with one attached hydrogen (secondary N) is 1. The van der Waals surface area contributed by atoms with Crippen LogP contribution in [-0.4, -0.2) is 23.6 Å². The van der Waals surface area contributed by atoms with E-state index in [9.17, 15) is 18.4 Å². The van der Waals surface area contributed by atoms with Crippen LogP contribution < -0.4 is 11.1 Å². The lowest BCUT2D eigenvalue weighted by Crippen LogP contribution is -2.35. The normalized spacial score (nSPS) is 16.3. The average molecular weight is 387 g/mol. The van der Waals surface area contributed by atoms with Gasteiger partial charge in [0.2, 0.25) is 12.0 Å². The maximum Gasteiger partial charge on any atom is 0.268 e. The van der Waals surface area contributed by atoms with Gasteiger partial charge in [-0.25, -0.2) is 8.78 Å². The highest BCUT2D eigenvalue weighted by molar-refractivity contribution is 6.06. The van der Waals surface area contributed by atoms with Crippen LogP contribution in [0.3, 0.4) is 0 Å². The fourth-order valence-corrected chi connectivity index (χ4v) is 2.73. The third kappa shape index (κ3) is 3.85. The smallest absolute Gasteiger partial charge is 0.268 e. The molecule has 1 aliphatic rings. The molecule has 0 saturated heterocycles. The summed E-state index contributed by atoms with van der Waals surface area (Å²) in [6.07, 6.45) is -0.946. The number of oxime groups is 1. The SMILES string of the molecule is CC(C)(C(N)=O)c1ccc(NC(=O)[C@H]2CC(c3cc(F)ccc3F)=NO2)cc1. The van der Waals surface area contributed by atoms with Crippen molar-refractivity contribution in [2.75, 3.05) is 5.32 Å². The molecule has 146 valence electrons. The van der Waals surface area contributed by atoms with Crippen molar-refractivity contribution in [3.8, 4) is 0 Å². The van der Waals surface area contributed by atoms with Crippen LogP contribution in [-0.2, 0) is 19.8 Å². The Morgan fingerprint density at radius 2 is 1.86 bits per heavy atom. The molecule has 0 bridgehead atoms. The number of anilines is 1. The molecule has 0 fully saturated rings. The van der Waals surface area contributed by atoms with Crippen molar-refractivity contribution < 1.29 is 23.2 Å². The van der Waals surface area contributed by atoms with Crippen LogP contribution in [0.1, 0.15) is 31.4 Å². The summed E-state index contributed by atoms with van der Waals surface area (Å²) in [5.41, 5.74) is 5.89. The van der Waals surface area contributed by atoms with Crippen molar-refractivity contribution in [1.29, 1.82) is 0 Å². The number of halogens is 2. The van der Waals surface area contributed by atoms with Gasteiger partial charge in [-0.05, 0) is 49.7 Å². The molecular weight excluding hydrogens is 368 g/mol. The molecule has 6 nitrogen and oxygen atoms in total. The highest BCUT2D eigenvalue weighted by atomic mass is 19.1. The first-order valence-electron chi connectivity index (χ1n) is 8.58. The van der Waals surface area contributed by atoms with E-state index >= 15 is 0 Å². The topological polar surface area (TPSA) is 93.8 Å². The minimum absolute atomic E-state index is 0.0129. The van der Waals surface area contributed by atoms with Crippen molar-refractivity contribution in [2.45, 2.75) is 31.8 Å². The van der Waals surface area contributed by atoms with Gasteiger partial charge in [-0.1, -0.05) is 17.3 Å². The Labute approximate surface area is 160 Å². The fourth-order valence-electron chi connectivity index (χ4n) is 2.73. The molecule has 0 unspecified atom stereocenters. The van der Waals surface area contributed by atoms with E-state index in [1.807, 2.05) is 0 Å². The summed E-state index contributed by atoms with van der Waals surface area (Å²) in [4.78, 5) is 29.0. The number of hydrogen-bond acceptors (Lipinski definition) is 4. The van der Waals surface area contributed by atoms with Gasteiger partial charge in [0.25, 0.3) is 5.91 Å². The van der Waals surface area contributed by atoms with E-state index in [0.29, 0.717) is 11.3 Å².